The third kappa shape index (κ3) is 3.84. The zero-order chi connectivity index (χ0) is 16.1. The van der Waals surface area contributed by atoms with Gasteiger partial charge in [0.15, 0.2) is 0 Å². The third-order valence-corrected chi connectivity index (χ3v) is 3.41. The van der Waals surface area contributed by atoms with Gasteiger partial charge in [0.05, 0.1) is 12.8 Å². The summed E-state index contributed by atoms with van der Waals surface area (Å²) in [5.74, 6) is -0.272. The lowest BCUT2D eigenvalue weighted by atomic mass is 10.1. The van der Waals surface area contributed by atoms with Crippen LogP contribution in [0.15, 0.2) is 67.0 Å². The molecule has 5 nitrogen and oxygen atoms in total. The molecule has 0 fully saturated rings. The smallest absolute Gasteiger partial charge is 0.274 e. The summed E-state index contributed by atoms with van der Waals surface area (Å²) in [6.45, 7) is 0.328. The molecular weight excluding hydrogens is 290 g/mol. The van der Waals surface area contributed by atoms with E-state index in [4.69, 9.17) is 4.84 Å². The molecule has 3 aromatic rings. The van der Waals surface area contributed by atoms with Crippen molar-refractivity contribution >= 4 is 5.91 Å². The molecule has 1 aromatic heterocycles. The van der Waals surface area contributed by atoms with Gasteiger partial charge in [-0.3, -0.25) is 14.3 Å². The van der Waals surface area contributed by atoms with Crippen LogP contribution in [0.1, 0.15) is 15.9 Å². The highest BCUT2D eigenvalue weighted by Gasteiger charge is 2.08. The predicted octanol–water partition coefficient (Wildman–Crippen LogP) is 2.95. The van der Waals surface area contributed by atoms with Gasteiger partial charge < -0.3 is 0 Å². The Morgan fingerprint density at radius 2 is 1.96 bits per heavy atom. The van der Waals surface area contributed by atoms with E-state index in [0.29, 0.717) is 12.2 Å². The molecule has 0 unspecified atom stereocenters. The fourth-order valence-electron chi connectivity index (χ4n) is 2.23. The van der Waals surface area contributed by atoms with Gasteiger partial charge in [-0.2, -0.15) is 5.10 Å². The van der Waals surface area contributed by atoms with Gasteiger partial charge in [0.25, 0.3) is 5.91 Å². The minimum Gasteiger partial charge on any atom is -0.275 e. The van der Waals surface area contributed by atoms with E-state index in [-0.39, 0.29) is 5.91 Å². The molecule has 0 radical (unpaired) electrons. The van der Waals surface area contributed by atoms with Crippen LogP contribution in [-0.4, -0.2) is 15.7 Å². The lowest BCUT2D eigenvalue weighted by Gasteiger charge is -2.07. The quantitative estimate of drug-likeness (QED) is 0.737. The van der Waals surface area contributed by atoms with Crippen molar-refractivity contribution in [3.63, 3.8) is 0 Å². The maximum atomic E-state index is 12.2. The Bertz CT molecular complexity index is 797. The first-order valence-electron chi connectivity index (χ1n) is 7.27. The number of hydrogen-bond donors (Lipinski definition) is 1. The number of aromatic nitrogens is 2. The number of hydrogen-bond acceptors (Lipinski definition) is 3. The first kappa shape index (κ1) is 15.0. The molecule has 1 heterocycles. The molecule has 0 aliphatic carbocycles. The number of benzene rings is 2. The Labute approximate surface area is 134 Å². The first-order valence-corrected chi connectivity index (χ1v) is 7.27. The zero-order valence-corrected chi connectivity index (χ0v) is 12.8. The summed E-state index contributed by atoms with van der Waals surface area (Å²) in [5, 5.41) is 4.14. The van der Waals surface area contributed by atoms with E-state index in [1.54, 1.807) is 16.9 Å². The summed E-state index contributed by atoms with van der Waals surface area (Å²) in [6.07, 6.45) is 3.67. The van der Waals surface area contributed by atoms with E-state index < -0.39 is 0 Å². The van der Waals surface area contributed by atoms with Gasteiger partial charge in [0, 0.05) is 24.4 Å². The number of carbonyl (C=O) groups is 1. The van der Waals surface area contributed by atoms with Crippen molar-refractivity contribution in [1.29, 1.82) is 0 Å². The molecule has 0 saturated heterocycles. The molecule has 116 valence electrons. The molecule has 0 bridgehead atoms. The molecule has 0 spiro atoms. The number of amides is 1. The fourth-order valence-corrected chi connectivity index (χ4v) is 2.23. The zero-order valence-electron chi connectivity index (χ0n) is 12.8. The Morgan fingerprint density at radius 3 is 2.70 bits per heavy atom. The maximum absolute atomic E-state index is 12.2. The van der Waals surface area contributed by atoms with Gasteiger partial charge in [-0.15, -0.1) is 0 Å². The Balaban J connectivity index is 1.63. The van der Waals surface area contributed by atoms with Crippen LogP contribution >= 0.6 is 0 Å². The lowest BCUT2D eigenvalue weighted by Crippen LogP contribution is -2.23. The third-order valence-electron chi connectivity index (χ3n) is 3.41. The molecular formula is C18H17N3O2. The number of aryl methyl sites for hydroxylation is 1. The van der Waals surface area contributed by atoms with Crippen LogP contribution in [-0.2, 0) is 18.5 Å². The predicted molar refractivity (Wildman–Crippen MR) is 87.3 cm³/mol. The Hall–Kier alpha value is -2.92. The Kier molecular flexibility index (Phi) is 4.49. The first-order chi connectivity index (χ1) is 11.2. The van der Waals surface area contributed by atoms with E-state index >= 15 is 0 Å². The van der Waals surface area contributed by atoms with Crippen molar-refractivity contribution in [3.8, 4) is 11.1 Å². The molecule has 2 aromatic carbocycles. The van der Waals surface area contributed by atoms with Crippen LogP contribution in [0.3, 0.4) is 0 Å². The molecule has 3 rings (SSSR count). The van der Waals surface area contributed by atoms with E-state index in [9.17, 15) is 4.79 Å². The number of carbonyl (C=O) groups excluding carboxylic acids is 1. The second kappa shape index (κ2) is 6.89. The Morgan fingerprint density at radius 1 is 1.13 bits per heavy atom. The number of rotatable bonds is 5. The normalized spacial score (nSPS) is 10.5. The highest BCUT2D eigenvalue weighted by molar-refractivity contribution is 5.94. The summed E-state index contributed by atoms with van der Waals surface area (Å²) in [4.78, 5) is 17.4. The van der Waals surface area contributed by atoms with E-state index in [0.717, 1.165) is 16.7 Å². The van der Waals surface area contributed by atoms with Crippen LogP contribution in [0.5, 0.6) is 0 Å². The van der Waals surface area contributed by atoms with E-state index in [2.05, 4.69) is 10.6 Å². The molecule has 0 aliphatic heterocycles. The average molecular weight is 307 g/mol. The number of hydroxylamine groups is 1. The molecule has 0 saturated carbocycles. The van der Waals surface area contributed by atoms with Crippen LogP contribution in [0.25, 0.3) is 11.1 Å². The standard InChI is InChI=1S/C18H17N3O2/c1-21-12-17(11-19-21)15-8-5-9-16(10-15)18(22)20-23-13-14-6-3-2-4-7-14/h2-12H,13H2,1H3,(H,20,22). The number of nitrogens with zero attached hydrogens (tertiary/aromatic N) is 2. The van der Waals surface area contributed by atoms with Crippen LogP contribution in [0.4, 0.5) is 0 Å². The van der Waals surface area contributed by atoms with Crippen LogP contribution in [0.2, 0.25) is 0 Å². The molecule has 0 atom stereocenters. The van der Waals surface area contributed by atoms with Gasteiger partial charge in [0.2, 0.25) is 0 Å². The SMILES string of the molecule is Cn1cc(-c2cccc(C(=O)NOCc3ccccc3)c2)cn1. The van der Waals surface area contributed by atoms with Crippen molar-refractivity contribution in [3.05, 3.63) is 78.1 Å². The molecule has 1 amide bonds. The lowest BCUT2D eigenvalue weighted by molar-refractivity contribution is 0.0233. The summed E-state index contributed by atoms with van der Waals surface area (Å²) in [6, 6.07) is 17.0. The monoisotopic (exact) mass is 307 g/mol. The molecule has 5 heteroatoms. The second-order valence-electron chi connectivity index (χ2n) is 5.19. The molecule has 0 aliphatic rings. The topological polar surface area (TPSA) is 56.2 Å². The van der Waals surface area contributed by atoms with Gasteiger partial charge in [-0.1, -0.05) is 42.5 Å². The summed E-state index contributed by atoms with van der Waals surface area (Å²) in [7, 11) is 1.86. The summed E-state index contributed by atoms with van der Waals surface area (Å²) in [5.41, 5.74) is 5.91. The minimum absolute atomic E-state index is 0.272. The van der Waals surface area contributed by atoms with Crippen LogP contribution < -0.4 is 5.48 Å². The van der Waals surface area contributed by atoms with Crippen molar-refractivity contribution in [1.82, 2.24) is 15.3 Å². The van der Waals surface area contributed by atoms with Crippen molar-refractivity contribution in [2.45, 2.75) is 6.61 Å². The van der Waals surface area contributed by atoms with Crippen molar-refractivity contribution < 1.29 is 9.63 Å². The molecule has 1 N–H and O–H groups in total. The van der Waals surface area contributed by atoms with E-state index in [1.807, 2.05) is 61.8 Å². The van der Waals surface area contributed by atoms with Crippen molar-refractivity contribution in [2.24, 2.45) is 7.05 Å². The highest BCUT2D eigenvalue weighted by Crippen LogP contribution is 2.19. The van der Waals surface area contributed by atoms with Crippen LogP contribution in [0, 0.1) is 0 Å². The van der Waals surface area contributed by atoms with Crippen molar-refractivity contribution in [2.75, 3.05) is 0 Å². The maximum Gasteiger partial charge on any atom is 0.274 e. The largest absolute Gasteiger partial charge is 0.275 e. The minimum atomic E-state index is -0.272. The fraction of sp³-hybridized carbons (Fsp3) is 0.111. The summed E-state index contributed by atoms with van der Waals surface area (Å²) < 4.78 is 1.73. The number of nitrogens with one attached hydrogen (secondary N) is 1. The average Bonchev–Trinajstić information content (AvgIpc) is 3.02. The van der Waals surface area contributed by atoms with Gasteiger partial charge in [-0.25, -0.2) is 5.48 Å². The molecule has 23 heavy (non-hydrogen) atoms. The summed E-state index contributed by atoms with van der Waals surface area (Å²) >= 11 is 0. The van der Waals surface area contributed by atoms with Gasteiger partial charge >= 0.3 is 0 Å². The van der Waals surface area contributed by atoms with Gasteiger partial charge in [-0.05, 0) is 23.3 Å². The highest BCUT2D eigenvalue weighted by atomic mass is 16.6. The van der Waals surface area contributed by atoms with Gasteiger partial charge in [0.1, 0.15) is 0 Å². The van der Waals surface area contributed by atoms with E-state index in [1.165, 1.54) is 0 Å². The second-order valence-corrected chi connectivity index (χ2v) is 5.19.